The molecule has 2 heterocycles. The molecule has 2 aromatic rings. The first-order chi connectivity index (χ1) is 11.3. The second kappa shape index (κ2) is 7.75. The fraction of sp³-hybridized carbons (Fsp3) is 0.500. The van der Waals surface area contributed by atoms with Crippen LogP contribution in [0.1, 0.15) is 55.2 Å². The second-order valence-corrected chi connectivity index (χ2v) is 7.29. The van der Waals surface area contributed by atoms with Gasteiger partial charge in [-0.3, -0.25) is 9.78 Å². The van der Waals surface area contributed by atoms with E-state index in [1.165, 1.54) is 0 Å². The van der Waals surface area contributed by atoms with E-state index in [0.29, 0.717) is 11.7 Å². The number of carbonyl (C=O) groups is 1. The molecule has 0 unspecified atom stereocenters. The number of thiazole rings is 1. The van der Waals surface area contributed by atoms with Crippen LogP contribution in [0.5, 0.6) is 5.75 Å². The molecule has 0 bridgehead atoms. The van der Waals surface area contributed by atoms with Gasteiger partial charge in [-0.2, -0.15) is 0 Å². The lowest BCUT2D eigenvalue weighted by Gasteiger charge is -2.27. The average Bonchev–Trinajstić information content (AvgIpc) is 2.95. The van der Waals surface area contributed by atoms with E-state index in [-0.39, 0.29) is 11.9 Å². The van der Waals surface area contributed by atoms with Crippen molar-refractivity contribution in [2.45, 2.75) is 52.7 Å². The molecule has 0 saturated carbocycles. The summed E-state index contributed by atoms with van der Waals surface area (Å²) in [5.41, 5.74) is 0.997. The summed E-state index contributed by atoms with van der Waals surface area (Å²) in [6.45, 7) is 10.1. The standard InChI is InChI=1S/C18H25N3O2S/c1-11(2)17-20-12(3)16(24-17)13(4)21(6)18(22)14(5)23-15-8-7-9-19-10-15/h7-11,13-14H,1-6H3/t13-,14-/m0/s1. The van der Waals surface area contributed by atoms with Crippen molar-refractivity contribution in [2.24, 2.45) is 0 Å². The Kier molecular flexibility index (Phi) is 5.94. The Bertz CT molecular complexity index is 685. The molecule has 24 heavy (non-hydrogen) atoms. The maximum Gasteiger partial charge on any atom is 0.263 e. The van der Waals surface area contributed by atoms with E-state index in [2.05, 4.69) is 23.8 Å². The highest BCUT2D eigenvalue weighted by atomic mass is 32.1. The molecule has 0 aromatic carbocycles. The molecular weight excluding hydrogens is 322 g/mol. The number of hydrogen-bond acceptors (Lipinski definition) is 5. The van der Waals surface area contributed by atoms with Crippen LogP contribution < -0.4 is 4.74 Å². The summed E-state index contributed by atoms with van der Waals surface area (Å²) in [7, 11) is 1.81. The van der Waals surface area contributed by atoms with Gasteiger partial charge in [0.05, 0.1) is 22.9 Å². The summed E-state index contributed by atoms with van der Waals surface area (Å²) in [5.74, 6) is 0.921. The number of rotatable bonds is 6. The highest BCUT2D eigenvalue weighted by Gasteiger charge is 2.26. The molecule has 0 aliphatic rings. The molecule has 0 saturated heterocycles. The third-order valence-electron chi connectivity index (χ3n) is 3.95. The van der Waals surface area contributed by atoms with E-state index in [4.69, 9.17) is 4.74 Å². The van der Waals surface area contributed by atoms with Crippen LogP contribution in [0, 0.1) is 6.92 Å². The van der Waals surface area contributed by atoms with E-state index in [1.807, 2.05) is 20.9 Å². The Labute approximate surface area is 147 Å². The molecule has 0 radical (unpaired) electrons. The van der Waals surface area contributed by atoms with Crippen molar-refractivity contribution in [1.29, 1.82) is 0 Å². The van der Waals surface area contributed by atoms with Crippen LogP contribution in [-0.4, -0.2) is 33.9 Å². The minimum Gasteiger partial charge on any atom is -0.479 e. The minimum atomic E-state index is -0.570. The van der Waals surface area contributed by atoms with Crippen molar-refractivity contribution in [2.75, 3.05) is 7.05 Å². The first-order valence-corrected chi connectivity index (χ1v) is 8.93. The molecule has 0 aliphatic carbocycles. The van der Waals surface area contributed by atoms with E-state index in [9.17, 15) is 4.79 Å². The summed E-state index contributed by atoms with van der Waals surface area (Å²) in [4.78, 5) is 24.2. The number of hydrogen-bond donors (Lipinski definition) is 0. The predicted molar refractivity (Wildman–Crippen MR) is 96.5 cm³/mol. The van der Waals surface area contributed by atoms with Crippen LogP contribution in [0.25, 0.3) is 0 Å². The molecular formula is C18H25N3O2S. The van der Waals surface area contributed by atoms with Crippen molar-refractivity contribution in [3.05, 3.63) is 40.1 Å². The van der Waals surface area contributed by atoms with E-state index < -0.39 is 6.10 Å². The third kappa shape index (κ3) is 4.12. The lowest BCUT2D eigenvalue weighted by molar-refractivity contribution is -0.138. The zero-order valence-electron chi connectivity index (χ0n) is 15.1. The largest absolute Gasteiger partial charge is 0.479 e. The van der Waals surface area contributed by atoms with Gasteiger partial charge in [0.1, 0.15) is 5.75 Å². The summed E-state index contributed by atoms with van der Waals surface area (Å²) in [6.07, 6.45) is 2.71. The lowest BCUT2D eigenvalue weighted by atomic mass is 10.2. The van der Waals surface area contributed by atoms with Gasteiger partial charge in [0.25, 0.3) is 5.91 Å². The molecule has 6 heteroatoms. The van der Waals surface area contributed by atoms with Gasteiger partial charge in [-0.1, -0.05) is 13.8 Å². The number of aromatic nitrogens is 2. The number of ether oxygens (including phenoxy) is 1. The summed E-state index contributed by atoms with van der Waals surface area (Å²) >= 11 is 1.68. The zero-order valence-corrected chi connectivity index (χ0v) is 15.9. The van der Waals surface area contributed by atoms with Gasteiger partial charge in [-0.25, -0.2) is 4.98 Å². The monoisotopic (exact) mass is 347 g/mol. The summed E-state index contributed by atoms with van der Waals surface area (Å²) in [6, 6.07) is 3.54. The van der Waals surface area contributed by atoms with Crippen molar-refractivity contribution in [1.82, 2.24) is 14.9 Å². The lowest BCUT2D eigenvalue weighted by Crippen LogP contribution is -2.39. The molecule has 0 N–H and O–H groups in total. The number of pyridine rings is 1. The van der Waals surface area contributed by atoms with Crippen molar-refractivity contribution >= 4 is 17.2 Å². The number of carbonyl (C=O) groups excluding carboxylic acids is 1. The van der Waals surface area contributed by atoms with Gasteiger partial charge in [0.2, 0.25) is 0 Å². The molecule has 130 valence electrons. The van der Waals surface area contributed by atoms with E-state index in [0.717, 1.165) is 15.6 Å². The summed E-state index contributed by atoms with van der Waals surface area (Å²) < 4.78 is 5.69. The van der Waals surface area contributed by atoms with Crippen LogP contribution in [0.3, 0.4) is 0 Å². The Morgan fingerprint density at radius 3 is 2.54 bits per heavy atom. The van der Waals surface area contributed by atoms with Crippen LogP contribution in [0.15, 0.2) is 24.5 Å². The zero-order chi connectivity index (χ0) is 17.9. The Morgan fingerprint density at radius 2 is 2.00 bits per heavy atom. The second-order valence-electron chi connectivity index (χ2n) is 6.23. The fourth-order valence-electron chi connectivity index (χ4n) is 2.39. The Balaban J connectivity index is 2.09. The highest BCUT2D eigenvalue weighted by molar-refractivity contribution is 7.11. The van der Waals surface area contributed by atoms with Gasteiger partial charge in [0, 0.05) is 24.0 Å². The number of aryl methyl sites for hydroxylation is 1. The minimum absolute atomic E-state index is 0.0394. The first kappa shape index (κ1) is 18.4. The SMILES string of the molecule is Cc1nc(C(C)C)sc1[C@H](C)N(C)C(=O)[C@H](C)Oc1cccnc1. The molecule has 0 aliphatic heterocycles. The molecule has 0 spiro atoms. The first-order valence-electron chi connectivity index (χ1n) is 8.11. The van der Waals surface area contributed by atoms with Gasteiger partial charge < -0.3 is 9.64 Å². The molecule has 2 aromatic heterocycles. The van der Waals surface area contributed by atoms with Gasteiger partial charge in [-0.05, 0) is 32.9 Å². The van der Waals surface area contributed by atoms with Crippen molar-refractivity contribution < 1.29 is 9.53 Å². The average molecular weight is 347 g/mol. The van der Waals surface area contributed by atoms with Crippen LogP contribution in [0.4, 0.5) is 0 Å². The third-order valence-corrected chi connectivity index (χ3v) is 5.57. The van der Waals surface area contributed by atoms with Crippen LogP contribution in [-0.2, 0) is 4.79 Å². The van der Waals surface area contributed by atoms with Gasteiger partial charge in [0.15, 0.2) is 6.10 Å². The molecule has 0 fully saturated rings. The topological polar surface area (TPSA) is 55.3 Å². The number of amides is 1. The normalized spacial score (nSPS) is 13.6. The quantitative estimate of drug-likeness (QED) is 0.794. The van der Waals surface area contributed by atoms with Crippen LogP contribution in [0.2, 0.25) is 0 Å². The molecule has 1 amide bonds. The maximum absolute atomic E-state index is 12.7. The number of likely N-dealkylation sites (N-methyl/N-ethyl adjacent to an activating group) is 1. The van der Waals surface area contributed by atoms with Crippen molar-refractivity contribution in [3.63, 3.8) is 0 Å². The van der Waals surface area contributed by atoms with E-state index in [1.54, 1.807) is 47.7 Å². The predicted octanol–water partition coefficient (Wildman–Crippen LogP) is 3.96. The Hall–Kier alpha value is -1.95. The number of nitrogens with zero attached hydrogens (tertiary/aromatic N) is 3. The Morgan fingerprint density at radius 1 is 1.29 bits per heavy atom. The molecule has 2 atom stereocenters. The smallest absolute Gasteiger partial charge is 0.263 e. The fourth-order valence-corrected chi connectivity index (χ4v) is 3.55. The molecule has 2 rings (SSSR count). The summed E-state index contributed by atoms with van der Waals surface area (Å²) in [5, 5.41) is 1.11. The van der Waals surface area contributed by atoms with Crippen molar-refractivity contribution in [3.8, 4) is 5.75 Å². The van der Waals surface area contributed by atoms with Crippen LogP contribution >= 0.6 is 11.3 Å². The molecule has 5 nitrogen and oxygen atoms in total. The maximum atomic E-state index is 12.7. The van der Waals surface area contributed by atoms with Gasteiger partial charge in [-0.15, -0.1) is 11.3 Å². The van der Waals surface area contributed by atoms with E-state index >= 15 is 0 Å². The highest BCUT2D eigenvalue weighted by Crippen LogP contribution is 2.32. The van der Waals surface area contributed by atoms with Gasteiger partial charge >= 0.3 is 0 Å².